The van der Waals surface area contributed by atoms with Gasteiger partial charge in [0.05, 0.1) is 15.6 Å². The summed E-state index contributed by atoms with van der Waals surface area (Å²) in [6, 6.07) is 26.9. The van der Waals surface area contributed by atoms with Crippen molar-refractivity contribution in [3.05, 3.63) is 131 Å². The zero-order valence-electron chi connectivity index (χ0n) is 25.5. The minimum atomic E-state index is -4.32. The number of anilines is 1. The number of sulfonamides is 1. The molecule has 0 aliphatic heterocycles. The van der Waals surface area contributed by atoms with Crippen LogP contribution in [0.3, 0.4) is 0 Å². The number of carbonyl (C=O) groups is 2. The first-order valence-electron chi connectivity index (χ1n) is 14.7. The van der Waals surface area contributed by atoms with Gasteiger partial charge in [-0.1, -0.05) is 91.3 Å². The Morgan fingerprint density at radius 1 is 0.911 bits per heavy atom. The van der Waals surface area contributed by atoms with Gasteiger partial charge in [-0.3, -0.25) is 13.9 Å². The Balaban J connectivity index is 1.83. The van der Waals surface area contributed by atoms with Crippen molar-refractivity contribution in [2.45, 2.75) is 57.1 Å². The minimum Gasteiger partial charge on any atom is -0.352 e. The number of aryl methyl sites for hydroxylation is 1. The van der Waals surface area contributed by atoms with E-state index < -0.39 is 34.3 Å². The number of amides is 2. The molecule has 0 radical (unpaired) electrons. The molecule has 7 nitrogen and oxygen atoms in total. The molecular weight excluding hydrogens is 613 g/mol. The number of rotatable bonds is 13. The number of hydrogen-bond acceptors (Lipinski definition) is 4. The molecule has 0 fully saturated rings. The van der Waals surface area contributed by atoms with Crippen LogP contribution >= 0.6 is 11.6 Å². The van der Waals surface area contributed by atoms with Crippen LogP contribution in [0.25, 0.3) is 0 Å². The highest BCUT2D eigenvalue weighted by Gasteiger charge is 2.35. The second-order valence-electron chi connectivity index (χ2n) is 10.9. The number of nitrogens with one attached hydrogen (secondary N) is 1. The van der Waals surface area contributed by atoms with E-state index in [-0.39, 0.29) is 40.5 Å². The van der Waals surface area contributed by atoms with Crippen molar-refractivity contribution >= 4 is 39.1 Å². The van der Waals surface area contributed by atoms with Crippen molar-refractivity contribution in [2.75, 3.05) is 10.8 Å². The van der Waals surface area contributed by atoms with Crippen molar-refractivity contribution in [3.63, 3.8) is 0 Å². The van der Waals surface area contributed by atoms with Crippen LogP contribution in [0.5, 0.6) is 0 Å². The van der Waals surface area contributed by atoms with Crippen LogP contribution in [0.4, 0.5) is 10.1 Å². The third kappa shape index (κ3) is 8.49. The lowest BCUT2D eigenvalue weighted by molar-refractivity contribution is -0.140. The number of nitrogens with zero attached hydrogens (tertiary/aromatic N) is 2. The molecule has 0 heterocycles. The van der Waals surface area contributed by atoms with Gasteiger partial charge in [0.2, 0.25) is 11.8 Å². The van der Waals surface area contributed by atoms with Gasteiger partial charge < -0.3 is 10.2 Å². The van der Waals surface area contributed by atoms with Crippen LogP contribution in [0.1, 0.15) is 37.0 Å². The molecule has 2 amide bonds. The predicted molar refractivity (Wildman–Crippen MR) is 176 cm³/mol. The van der Waals surface area contributed by atoms with Gasteiger partial charge in [0.15, 0.2) is 0 Å². The third-order valence-corrected chi connectivity index (χ3v) is 9.75. The van der Waals surface area contributed by atoms with Crippen LogP contribution in [-0.2, 0) is 32.6 Å². The highest BCUT2D eigenvalue weighted by Crippen LogP contribution is 2.28. The Morgan fingerprint density at radius 3 is 2.16 bits per heavy atom. The Bertz CT molecular complexity index is 1720. The highest BCUT2D eigenvalue weighted by atomic mass is 35.5. The quantitative estimate of drug-likeness (QED) is 0.178. The first-order chi connectivity index (χ1) is 21.5. The Morgan fingerprint density at radius 2 is 1.53 bits per heavy atom. The maximum absolute atomic E-state index is 14.5. The standard InChI is InChI=1S/C35H37ClFN3O4S/c1-4-26(3)38-35(42)33(21-27-14-7-5-8-15-27)39(23-28-16-12-11-13-25(28)2)34(41)24-40(29-19-20-32(37)31(36)22-29)45(43,44)30-17-9-6-10-18-30/h5-20,22,26,33H,4,21,23-24H2,1-3H3,(H,38,42)/t26-,33-/m0/s1. The van der Waals surface area contributed by atoms with Gasteiger partial charge in [0.1, 0.15) is 18.4 Å². The van der Waals surface area contributed by atoms with E-state index in [1.165, 1.54) is 29.2 Å². The van der Waals surface area contributed by atoms with Crippen molar-refractivity contribution in [2.24, 2.45) is 0 Å². The molecule has 4 rings (SSSR count). The normalized spacial score (nSPS) is 12.6. The fourth-order valence-corrected chi connectivity index (χ4v) is 6.46. The molecule has 0 saturated heterocycles. The molecule has 0 aliphatic carbocycles. The summed E-state index contributed by atoms with van der Waals surface area (Å²) in [5.41, 5.74) is 2.57. The predicted octanol–water partition coefficient (Wildman–Crippen LogP) is 6.54. The molecule has 0 aromatic heterocycles. The van der Waals surface area contributed by atoms with E-state index >= 15 is 0 Å². The smallest absolute Gasteiger partial charge is 0.264 e. The zero-order valence-corrected chi connectivity index (χ0v) is 27.1. The monoisotopic (exact) mass is 649 g/mol. The van der Waals surface area contributed by atoms with Gasteiger partial charge in [-0.25, -0.2) is 12.8 Å². The van der Waals surface area contributed by atoms with Crippen molar-refractivity contribution in [1.82, 2.24) is 10.2 Å². The van der Waals surface area contributed by atoms with Gasteiger partial charge >= 0.3 is 0 Å². The van der Waals surface area contributed by atoms with Crippen LogP contribution in [0, 0.1) is 12.7 Å². The van der Waals surface area contributed by atoms with Gasteiger partial charge in [-0.05, 0) is 67.3 Å². The lowest BCUT2D eigenvalue weighted by Crippen LogP contribution is -2.54. The minimum absolute atomic E-state index is 0.0121. The number of benzene rings is 4. The largest absolute Gasteiger partial charge is 0.352 e. The molecule has 0 spiro atoms. The number of halogens is 2. The maximum Gasteiger partial charge on any atom is 0.264 e. The van der Waals surface area contributed by atoms with Crippen LogP contribution in [0.2, 0.25) is 5.02 Å². The summed E-state index contributed by atoms with van der Waals surface area (Å²) in [5.74, 6) is -1.69. The van der Waals surface area contributed by atoms with E-state index in [4.69, 9.17) is 11.6 Å². The summed E-state index contributed by atoms with van der Waals surface area (Å²) in [6.07, 6.45) is 0.887. The molecule has 0 aliphatic rings. The van der Waals surface area contributed by atoms with Gasteiger partial charge in [0.25, 0.3) is 10.0 Å². The van der Waals surface area contributed by atoms with Gasteiger partial charge in [0, 0.05) is 19.0 Å². The average molecular weight is 650 g/mol. The molecule has 4 aromatic rings. The SMILES string of the molecule is CC[C@H](C)NC(=O)[C@H](Cc1ccccc1)N(Cc1ccccc1C)C(=O)CN(c1ccc(F)c(Cl)c1)S(=O)(=O)c1ccccc1. The topological polar surface area (TPSA) is 86.8 Å². The second-order valence-corrected chi connectivity index (χ2v) is 13.2. The molecule has 4 aromatic carbocycles. The molecule has 10 heteroatoms. The molecular formula is C35H37ClFN3O4S. The lowest BCUT2D eigenvalue weighted by atomic mass is 10.0. The fraction of sp³-hybridized carbons (Fsp3) is 0.257. The number of carbonyl (C=O) groups excluding carboxylic acids is 2. The highest BCUT2D eigenvalue weighted by molar-refractivity contribution is 7.92. The van der Waals surface area contributed by atoms with Crippen LogP contribution in [0.15, 0.2) is 108 Å². The Labute approximate surface area is 269 Å². The van der Waals surface area contributed by atoms with Crippen LogP contribution in [-0.4, -0.2) is 43.8 Å². The zero-order chi connectivity index (χ0) is 32.6. The summed E-state index contributed by atoms with van der Waals surface area (Å²) in [6.45, 7) is 5.15. The van der Waals surface area contributed by atoms with E-state index in [0.717, 1.165) is 27.1 Å². The fourth-order valence-electron chi connectivity index (χ4n) is 4.85. The summed E-state index contributed by atoms with van der Waals surface area (Å²) >= 11 is 6.08. The Hall–Kier alpha value is -4.21. The molecule has 0 saturated carbocycles. The van der Waals surface area contributed by atoms with Crippen LogP contribution < -0.4 is 9.62 Å². The molecule has 236 valence electrons. The van der Waals surface area contributed by atoms with Crippen molar-refractivity contribution < 1.29 is 22.4 Å². The molecule has 45 heavy (non-hydrogen) atoms. The summed E-state index contributed by atoms with van der Waals surface area (Å²) < 4.78 is 43.1. The van der Waals surface area contributed by atoms with E-state index in [0.29, 0.717) is 6.42 Å². The Kier molecular flexibility index (Phi) is 11.4. The van der Waals surface area contributed by atoms with Gasteiger partial charge in [-0.15, -0.1) is 0 Å². The van der Waals surface area contributed by atoms with E-state index in [1.54, 1.807) is 18.2 Å². The van der Waals surface area contributed by atoms with Crippen molar-refractivity contribution in [1.29, 1.82) is 0 Å². The summed E-state index contributed by atoms with van der Waals surface area (Å²) in [7, 11) is -4.32. The molecule has 1 N–H and O–H groups in total. The molecule has 0 unspecified atom stereocenters. The summed E-state index contributed by atoms with van der Waals surface area (Å²) in [4.78, 5) is 29.8. The number of hydrogen-bond donors (Lipinski definition) is 1. The summed E-state index contributed by atoms with van der Waals surface area (Å²) in [5, 5.41) is 2.72. The first-order valence-corrected chi connectivity index (χ1v) is 16.5. The molecule has 2 atom stereocenters. The molecule has 0 bridgehead atoms. The second kappa shape index (κ2) is 15.2. The van der Waals surface area contributed by atoms with Crippen molar-refractivity contribution in [3.8, 4) is 0 Å². The third-order valence-electron chi connectivity index (χ3n) is 7.68. The maximum atomic E-state index is 14.5. The van der Waals surface area contributed by atoms with E-state index in [1.807, 2.05) is 75.4 Å². The average Bonchev–Trinajstić information content (AvgIpc) is 3.04. The van der Waals surface area contributed by atoms with E-state index in [9.17, 15) is 22.4 Å². The van der Waals surface area contributed by atoms with Gasteiger partial charge in [-0.2, -0.15) is 0 Å². The first kappa shape index (κ1) is 33.7. The van der Waals surface area contributed by atoms with E-state index in [2.05, 4.69) is 5.32 Å². The lowest BCUT2D eigenvalue weighted by Gasteiger charge is -2.34.